The maximum absolute atomic E-state index is 5.74. The molecule has 4 heteroatoms. The second kappa shape index (κ2) is 8.53. The van der Waals surface area contributed by atoms with E-state index >= 15 is 0 Å². The van der Waals surface area contributed by atoms with Gasteiger partial charge in [-0.1, -0.05) is 41.9 Å². The Bertz CT molecular complexity index is 463. The maximum Gasteiger partial charge on any atom is 0.118 e. The van der Waals surface area contributed by atoms with Crippen molar-refractivity contribution in [3.8, 4) is 5.75 Å². The molecule has 0 unspecified atom stereocenters. The minimum Gasteiger partial charge on any atom is -0.497 e. The molecule has 0 radical (unpaired) electrons. The Kier molecular flexibility index (Phi) is 6.97. The lowest BCUT2D eigenvalue weighted by Crippen LogP contribution is -1.95. The van der Waals surface area contributed by atoms with Crippen molar-refractivity contribution < 1.29 is 4.74 Å². The molecule has 0 aliphatic carbocycles. The fourth-order valence-electron chi connectivity index (χ4n) is 1.43. The largest absolute Gasteiger partial charge is 0.497 e. The predicted octanol–water partition coefficient (Wildman–Crippen LogP) is 2.95. The zero-order chi connectivity index (χ0) is 14.1. The molecule has 0 aliphatic rings. The van der Waals surface area contributed by atoms with Crippen LogP contribution < -0.4 is 16.2 Å². The number of nitrogens with two attached hydrogens (primary N) is 2. The molecule has 102 valence electrons. The van der Waals surface area contributed by atoms with E-state index in [0.29, 0.717) is 13.1 Å². The van der Waals surface area contributed by atoms with Gasteiger partial charge < -0.3 is 16.2 Å². The molecule has 0 aromatic heterocycles. The zero-order valence-corrected chi connectivity index (χ0v) is 11.7. The number of benzene rings is 2. The van der Waals surface area contributed by atoms with E-state index in [4.69, 9.17) is 27.8 Å². The van der Waals surface area contributed by atoms with E-state index in [9.17, 15) is 0 Å². The highest BCUT2D eigenvalue weighted by atomic mass is 35.5. The molecular formula is C15H19ClN2O. The summed E-state index contributed by atoms with van der Waals surface area (Å²) >= 11 is 5.74. The van der Waals surface area contributed by atoms with Gasteiger partial charge in [-0.2, -0.15) is 0 Å². The molecular weight excluding hydrogens is 260 g/mol. The fourth-order valence-corrected chi connectivity index (χ4v) is 1.64. The van der Waals surface area contributed by atoms with E-state index in [1.165, 1.54) is 0 Å². The van der Waals surface area contributed by atoms with Crippen LogP contribution in [0.2, 0.25) is 5.02 Å². The molecule has 19 heavy (non-hydrogen) atoms. The van der Waals surface area contributed by atoms with E-state index in [-0.39, 0.29) is 0 Å². The lowest BCUT2D eigenvalue weighted by Gasteiger charge is -1.99. The Morgan fingerprint density at radius 1 is 0.947 bits per heavy atom. The van der Waals surface area contributed by atoms with E-state index < -0.39 is 0 Å². The van der Waals surface area contributed by atoms with Gasteiger partial charge in [-0.3, -0.25) is 0 Å². The summed E-state index contributed by atoms with van der Waals surface area (Å²) in [5, 5.41) is 0.750. The summed E-state index contributed by atoms with van der Waals surface area (Å²) in [6.45, 7) is 1.10. The van der Waals surface area contributed by atoms with E-state index in [2.05, 4.69) is 0 Å². The molecule has 0 spiro atoms. The topological polar surface area (TPSA) is 61.3 Å². The van der Waals surface area contributed by atoms with Crippen molar-refractivity contribution in [2.45, 2.75) is 13.1 Å². The Morgan fingerprint density at radius 3 is 2.00 bits per heavy atom. The van der Waals surface area contributed by atoms with Crippen molar-refractivity contribution >= 4 is 11.6 Å². The summed E-state index contributed by atoms with van der Waals surface area (Å²) in [4.78, 5) is 0. The minimum atomic E-state index is 0.514. The van der Waals surface area contributed by atoms with Gasteiger partial charge in [-0.25, -0.2) is 0 Å². The van der Waals surface area contributed by atoms with E-state index in [1.54, 1.807) is 7.11 Å². The van der Waals surface area contributed by atoms with Crippen LogP contribution in [0.5, 0.6) is 5.75 Å². The SMILES string of the molecule is COc1ccc(CN)cc1.NCc1ccccc1Cl. The quantitative estimate of drug-likeness (QED) is 0.907. The lowest BCUT2D eigenvalue weighted by molar-refractivity contribution is 0.414. The molecule has 0 amide bonds. The molecule has 0 saturated carbocycles. The molecule has 4 N–H and O–H groups in total. The van der Waals surface area contributed by atoms with Crippen LogP contribution >= 0.6 is 11.6 Å². The summed E-state index contributed by atoms with van der Waals surface area (Å²) < 4.78 is 4.97. The first kappa shape index (κ1) is 15.5. The monoisotopic (exact) mass is 278 g/mol. The molecule has 2 aromatic carbocycles. The van der Waals surface area contributed by atoms with Crippen molar-refractivity contribution in [3.63, 3.8) is 0 Å². The summed E-state index contributed by atoms with van der Waals surface area (Å²) in [7, 11) is 1.65. The molecule has 0 atom stereocenters. The molecule has 0 fully saturated rings. The second-order valence-corrected chi connectivity index (χ2v) is 4.25. The van der Waals surface area contributed by atoms with Crippen molar-refractivity contribution in [2.75, 3.05) is 7.11 Å². The first-order valence-corrected chi connectivity index (χ1v) is 6.35. The van der Waals surface area contributed by atoms with Gasteiger partial charge in [-0.15, -0.1) is 0 Å². The minimum absolute atomic E-state index is 0.514. The summed E-state index contributed by atoms with van der Waals surface area (Å²) in [6, 6.07) is 15.3. The zero-order valence-electron chi connectivity index (χ0n) is 11.0. The van der Waals surface area contributed by atoms with Gasteiger partial charge in [0.1, 0.15) is 5.75 Å². The highest BCUT2D eigenvalue weighted by molar-refractivity contribution is 6.31. The Labute approximate surface area is 119 Å². The van der Waals surface area contributed by atoms with Gasteiger partial charge in [0.15, 0.2) is 0 Å². The number of halogens is 1. The number of methoxy groups -OCH3 is 1. The van der Waals surface area contributed by atoms with Gasteiger partial charge >= 0.3 is 0 Å². The van der Waals surface area contributed by atoms with Crippen molar-refractivity contribution in [3.05, 3.63) is 64.7 Å². The molecule has 2 aromatic rings. The van der Waals surface area contributed by atoms with Crippen LogP contribution in [-0.2, 0) is 13.1 Å². The smallest absolute Gasteiger partial charge is 0.118 e. The first-order valence-electron chi connectivity index (χ1n) is 5.97. The number of ether oxygens (including phenoxy) is 1. The average Bonchev–Trinajstić information content (AvgIpc) is 2.48. The van der Waals surface area contributed by atoms with Crippen molar-refractivity contribution in [1.82, 2.24) is 0 Å². The highest BCUT2D eigenvalue weighted by Gasteiger charge is 1.92. The van der Waals surface area contributed by atoms with Gasteiger partial charge in [0, 0.05) is 18.1 Å². The Balaban J connectivity index is 0.000000191. The average molecular weight is 279 g/mol. The van der Waals surface area contributed by atoms with E-state index in [1.807, 2.05) is 48.5 Å². The second-order valence-electron chi connectivity index (χ2n) is 3.85. The van der Waals surface area contributed by atoms with Crippen LogP contribution in [0.25, 0.3) is 0 Å². The van der Waals surface area contributed by atoms with E-state index in [0.717, 1.165) is 21.9 Å². The molecule has 0 heterocycles. The molecule has 0 saturated heterocycles. The van der Waals surface area contributed by atoms with Gasteiger partial charge in [0.25, 0.3) is 0 Å². The molecule has 2 rings (SSSR count). The molecule has 3 nitrogen and oxygen atoms in total. The predicted molar refractivity (Wildman–Crippen MR) is 80.2 cm³/mol. The normalized spacial score (nSPS) is 9.47. The van der Waals surface area contributed by atoms with Crippen molar-refractivity contribution in [2.24, 2.45) is 11.5 Å². The van der Waals surface area contributed by atoms with Crippen LogP contribution in [-0.4, -0.2) is 7.11 Å². The van der Waals surface area contributed by atoms with Crippen LogP contribution in [0.15, 0.2) is 48.5 Å². The molecule has 0 bridgehead atoms. The third kappa shape index (κ3) is 5.30. The Morgan fingerprint density at radius 2 is 1.58 bits per heavy atom. The number of hydrogen-bond donors (Lipinski definition) is 2. The highest BCUT2D eigenvalue weighted by Crippen LogP contribution is 2.13. The molecule has 0 aliphatic heterocycles. The van der Waals surface area contributed by atoms with Gasteiger partial charge in [0.2, 0.25) is 0 Å². The number of hydrogen-bond acceptors (Lipinski definition) is 3. The maximum atomic E-state index is 5.74. The van der Waals surface area contributed by atoms with Gasteiger partial charge in [0.05, 0.1) is 7.11 Å². The summed E-state index contributed by atoms with van der Waals surface area (Å²) in [5.74, 6) is 0.872. The van der Waals surface area contributed by atoms with Crippen LogP contribution in [0.4, 0.5) is 0 Å². The first-order chi connectivity index (χ1) is 9.21. The Hall–Kier alpha value is -1.55. The number of rotatable bonds is 3. The van der Waals surface area contributed by atoms with Crippen LogP contribution in [0.1, 0.15) is 11.1 Å². The van der Waals surface area contributed by atoms with Crippen LogP contribution in [0, 0.1) is 0 Å². The fraction of sp³-hybridized carbons (Fsp3) is 0.200. The van der Waals surface area contributed by atoms with Gasteiger partial charge in [-0.05, 0) is 29.3 Å². The third-order valence-electron chi connectivity index (χ3n) is 2.57. The summed E-state index contributed by atoms with van der Waals surface area (Å²) in [6.07, 6.45) is 0. The lowest BCUT2D eigenvalue weighted by atomic mass is 10.2. The van der Waals surface area contributed by atoms with Crippen LogP contribution in [0.3, 0.4) is 0 Å². The standard InChI is InChI=1S/C8H11NO.C7H8ClN/c1-10-8-4-2-7(6-9)3-5-8;8-7-4-2-1-3-6(7)5-9/h2-5H,6,9H2,1H3;1-4H,5,9H2. The van der Waals surface area contributed by atoms with Crippen molar-refractivity contribution in [1.29, 1.82) is 0 Å². The third-order valence-corrected chi connectivity index (χ3v) is 2.94. The summed E-state index contributed by atoms with van der Waals surface area (Å²) in [5.41, 5.74) is 12.9.